The molecule has 0 aliphatic heterocycles. The molecule has 16 heavy (non-hydrogen) atoms. The van der Waals surface area contributed by atoms with Crippen molar-refractivity contribution < 1.29 is 21.6 Å². The lowest BCUT2D eigenvalue weighted by Crippen LogP contribution is -2.30. The van der Waals surface area contributed by atoms with Crippen LogP contribution in [0.5, 0.6) is 0 Å². The van der Waals surface area contributed by atoms with Gasteiger partial charge >= 0.3 is 6.18 Å². The van der Waals surface area contributed by atoms with Gasteiger partial charge in [-0.15, -0.1) is 0 Å². The van der Waals surface area contributed by atoms with Gasteiger partial charge in [0.15, 0.2) is 0 Å². The third-order valence-electron chi connectivity index (χ3n) is 1.76. The van der Waals surface area contributed by atoms with Crippen LogP contribution in [-0.2, 0) is 22.9 Å². The quantitative estimate of drug-likeness (QED) is 0.844. The number of hydrogen-bond acceptors (Lipinski definition) is 2. The second-order valence-electron chi connectivity index (χ2n) is 3.06. The Morgan fingerprint density at radius 2 is 1.69 bits per heavy atom. The number of nitrogens with two attached hydrogens (primary N) is 1. The summed E-state index contributed by atoms with van der Waals surface area (Å²) in [6.07, 6.45) is -4.40. The van der Waals surface area contributed by atoms with E-state index >= 15 is 0 Å². The highest BCUT2D eigenvalue weighted by Gasteiger charge is 2.29. The Bertz CT molecular complexity index is 453. The fourth-order valence-electron chi connectivity index (χ4n) is 0.996. The zero-order valence-corrected chi connectivity index (χ0v) is 8.77. The Labute approximate surface area is 90.4 Å². The summed E-state index contributed by atoms with van der Waals surface area (Å²) < 4.78 is 59.5. The van der Waals surface area contributed by atoms with Crippen molar-refractivity contribution in [1.82, 2.24) is 4.72 Å². The number of alkyl halides is 3. The normalized spacial score (nSPS) is 12.8. The average molecular weight is 254 g/mol. The van der Waals surface area contributed by atoms with E-state index in [0.29, 0.717) is 5.56 Å². The molecule has 0 bridgehead atoms. The molecule has 0 aliphatic rings. The summed E-state index contributed by atoms with van der Waals surface area (Å²) in [5, 5.41) is 4.66. The van der Waals surface area contributed by atoms with E-state index in [-0.39, 0.29) is 6.54 Å². The third-order valence-corrected chi connectivity index (χ3v) is 2.31. The first kappa shape index (κ1) is 12.9. The van der Waals surface area contributed by atoms with E-state index in [0.717, 1.165) is 12.1 Å². The molecule has 1 rings (SSSR count). The Morgan fingerprint density at radius 3 is 2.06 bits per heavy atom. The van der Waals surface area contributed by atoms with Crippen LogP contribution in [-0.4, -0.2) is 8.42 Å². The van der Waals surface area contributed by atoms with Gasteiger partial charge in [0, 0.05) is 6.54 Å². The second kappa shape index (κ2) is 4.40. The molecule has 0 fully saturated rings. The Morgan fingerprint density at radius 1 is 1.19 bits per heavy atom. The lowest BCUT2D eigenvalue weighted by Gasteiger charge is -2.07. The number of nitrogens with one attached hydrogen (secondary N) is 1. The lowest BCUT2D eigenvalue weighted by molar-refractivity contribution is -0.137. The molecular formula is C8H9F3N2O2S. The number of rotatable bonds is 3. The van der Waals surface area contributed by atoms with Crippen molar-refractivity contribution in [2.45, 2.75) is 12.7 Å². The van der Waals surface area contributed by atoms with E-state index in [9.17, 15) is 21.6 Å². The van der Waals surface area contributed by atoms with Gasteiger partial charge in [0.05, 0.1) is 5.56 Å². The minimum absolute atomic E-state index is 0.142. The van der Waals surface area contributed by atoms with Crippen molar-refractivity contribution in [2.24, 2.45) is 5.14 Å². The van der Waals surface area contributed by atoms with Gasteiger partial charge in [-0.2, -0.15) is 26.3 Å². The van der Waals surface area contributed by atoms with E-state index in [1.807, 2.05) is 4.72 Å². The molecule has 0 aliphatic carbocycles. The molecule has 0 saturated carbocycles. The molecule has 1 aromatic carbocycles. The third kappa shape index (κ3) is 4.17. The molecule has 0 amide bonds. The van der Waals surface area contributed by atoms with Crippen LogP contribution in [0.1, 0.15) is 11.1 Å². The summed E-state index contributed by atoms with van der Waals surface area (Å²) in [6.45, 7) is -0.142. The van der Waals surface area contributed by atoms with Gasteiger partial charge < -0.3 is 0 Å². The van der Waals surface area contributed by atoms with Crippen LogP contribution in [0.3, 0.4) is 0 Å². The van der Waals surface area contributed by atoms with Gasteiger partial charge in [-0.3, -0.25) is 0 Å². The van der Waals surface area contributed by atoms with Crippen molar-refractivity contribution >= 4 is 10.2 Å². The molecule has 8 heteroatoms. The maximum absolute atomic E-state index is 12.2. The van der Waals surface area contributed by atoms with Crippen molar-refractivity contribution in [3.8, 4) is 0 Å². The van der Waals surface area contributed by atoms with Crippen LogP contribution in [0.15, 0.2) is 24.3 Å². The maximum atomic E-state index is 12.2. The molecular weight excluding hydrogens is 245 g/mol. The zero-order valence-electron chi connectivity index (χ0n) is 7.95. The topological polar surface area (TPSA) is 72.2 Å². The molecule has 90 valence electrons. The molecule has 0 unspecified atom stereocenters. The molecule has 0 aromatic heterocycles. The predicted octanol–water partition coefficient (Wildman–Crippen LogP) is 0.999. The summed E-state index contributed by atoms with van der Waals surface area (Å²) in [7, 11) is -3.83. The van der Waals surface area contributed by atoms with Crippen LogP contribution in [0, 0.1) is 0 Å². The van der Waals surface area contributed by atoms with E-state index in [1.165, 1.54) is 12.1 Å². The second-order valence-corrected chi connectivity index (χ2v) is 4.44. The highest BCUT2D eigenvalue weighted by atomic mass is 32.2. The average Bonchev–Trinajstić information content (AvgIpc) is 2.13. The Balaban J connectivity index is 2.73. The van der Waals surface area contributed by atoms with Crippen LogP contribution in [0.25, 0.3) is 0 Å². The van der Waals surface area contributed by atoms with Gasteiger partial charge in [-0.25, -0.2) is 5.14 Å². The smallest absolute Gasteiger partial charge is 0.216 e. The van der Waals surface area contributed by atoms with Crippen LogP contribution >= 0.6 is 0 Å². The summed E-state index contributed by atoms with van der Waals surface area (Å²) in [4.78, 5) is 0. The van der Waals surface area contributed by atoms with E-state index < -0.39 is 21.9 Å². The molecule has 1 aromatic rings. The van der Waals surface area contributed by atoms with Crippen molar-refractivity contribution in [3.05, 3.63) is 35.4 Å². The van der Waals surface area contributed by atoms with Crippen molar-refractivity contribution in [1.29, 1.82) is 0 Å². The van der Waals surface area contributed by atoms with Gasteiger partial charge in [0.25, 0.3) is 10.2 Å². The number of halogens is 3. The summed E-state index contributed by atoms with van der Waals surface area (Å²) in [6, 6.07) is 4.11. The summed E-state index contributed by atoms with van der Waals surface area (Å²) >= 11 is 0. The fraction of sp³-hybridized carbons (Fsp3) is 0.250. The minimum Gasteiger partial charge on any atom is -0.216 e. The largest absolute Gasteiger partial charge is 0.416 e. The summed E-state index contributed by atoms with van der Waals surface area (Å²) in [5.41, 5.74) is -0.395. The minimum atomic E-state index is -4.40. The summed E-state index contributed by atoms with van der Waals surface area (Å²) in [5.74, 6) is 0. The molecule has 0 heterocycles. The van der Waals surface area contributed by atoms with Gasteiger partial charge in [0.2, 0.25) is 0 Å². The van der Waals surface area contributed by atoms with E-state index in [1.54, 1.807) is 0 Å². The molecule has 4 nitrogen and oxygen atoms in total. The molecule has 0 atom stereocenters. The van der Waals surface area contributed by atoms with Crippen molar-refractivity contribution in [3.63, 3.8) is 0 Å². The lowest BCUT2D eigenvalue weighted by atomic mass is 10.1. The van der Waals surface area contributed by atoms with E-state index in [4.69, 9.17) is 0 Å². The number of hydrogen-bond donors (Lipinski definition) is 2. The molecule has 0 saturated heterocycles. The maximum Gasteiger partial charge on any atom is 0.416 e. The molecule has 0 spiro atoms. The van der Waals surface area contributed by atoms with Crippen LogP contribution < -0.4 is 9.86 Å². The first-order valence-electron chi connectivity index (χ1n) is 4.12. The monoisotopic (exact) mass is 254 g/mol. The first-order valence-corrected chi connectivity index (χ1v) is 5.66. The first-order chi connectivity index (χ1) is 7.18. The fourth-order valence-corrected chi connectivity index (χ4v) is 1.36. The van der Waals surface area contributed by atoms with Crippen molar-refractivity contribution in [2.75, 3.05) is 0 Å². The highest BCUT2D eigenvalue weighted by Crippen LogP contribution is 2.28. The zero-order chi connectivity index (χ0) is 12.4. The number of benzene rings is 1. The highest BCUT2D eigenvalue weighted by molar-refractivity contribution is 7.87. The van der Waals surface area contributed by atoms with Gasteiger partial charge in [-0.05, 0) is 17.7 Å². The Kier molecular flexibility index (Phi) is 3.56. The predicted molar refractivity (Wildman–Crippen MR) is 51.4 cm³/mol. The molecule has 3 N–H and O–H groups in total. The SMILES string of the molecule is NS(=O)(=O)NCc1ccc(C(F)(F)F)cc1. The van der Waals surface area contributed by atoms with Crippen LogP contribution in [0.4, 0.5) is 13.2 Å². The van der Waals surface area contributed by atoms with Crippen LogP contribution in [0.2, 0.25) is 0 Å². The van der Waals surface area contributed by atoms with E-state index in [2.05, 4.69) is 5.14 Å². The van der Waals surface area contributed by atoms with Gasteiger partial charge in [-0.1, -0.05) is 12.1 Å². The molecule has 0 radical (unpaired) electrons. The Hall–Kier alpha value is -1.12. The standard InChI is InChI=1S/C8H9F3N2O2S/c9-8(10,11)7-3-1-6(2-4-7)5-13-16(12,14)15/h1-4,13H,5H2,(H2,12,14,15). The van der Waals surface area contributed by atoms with Gasteiger partial charge in [0.1, 0.15) is 0 Å².